The molecule has 0 aliphatic rings. The van der Waals surface area contributed by atoms with Gasteiger partial charge in [0.25, 0.3) is 0 Å². The first kappa shape index (κ1) is 12.8. The SMILES string of the molecule is N#CCc1ccnc(-c2cccc(Cl)c2Cl)c1F. The summed E-state index contributed by atoms with van der Waals surface area (Å²) in [6.07, 6.45) is 1.43. The average Bonchev–Trinajstić information content (AvgIpc) is 2.36. The molecule has 90 valence electrons. The molecule has 0 unspecified atom stereocenters. The van der Waals surface area contributed by atoms with Crippen molar-refractivity contribution in [2.75, 3.05) is 0 Å². The zero-order valence-electron chi connectivity index (χ0n) is 9.12. The van der Waals surface area contributed by atoms with Gasteiger partial charge in [-0.3, -0.25) is 4.98 Å². The summed E-state index contributed by atoms with van der Waals surface area (Å²) >= 11 is 11.9. The molecule has 0 N–H and O–H groups in total. The third kappa shape index (κ3) is 2.31. The zero-order chi connectivity index (χ0) is 13.1. The Balaban J connectivity index is 2.62. The van der Waals surface area contributed by atoms with Crippen LogP contribution in [-0.2, 0) is 6.42 Å². The van der Waals surface area contributed by atoms with Gasteiger partial charge in [0, 0.05) is 17.3 Å². The van der Waals surface area contributed by atoms with Crippen molar-refractivity contribution in [1.29, 1.82) is 5.26 Å². The highest BCUT2D eigenvalue weighted by Gasteiger charge is 2.15. The van der Waals surface area contributed by atoms with Gasteiger partial charge in [-0.25, -0.2) is 4.39 Å². The van der Waals surface area contributed by atoms with Crippen molar-refractivity contribution in [3.05, 3.63) is 51.9 Å². The molecule has 2 aromatic rings. The van der Waals surface area contributed by atoms with Crippen molar-refractivity contribution < 1.29 is 4.39 Å². The molecule has 2 nitrogen and oxygen atoms in total. The van der Waals surface area contributed by atoms with Crippen molar-refractivity contribution >= 4 is 23.2 Å². The van der Waals surface area contributed by atoms with E-state index in [1.54, 1.807) is 18.2 Å². The standard InChI is InChI=1S/C13H7Cl2FN2/c14-10-3-1-2-9(11(10)15)13-12(16)8(4-6-17)5-7-18-13/h1-3,5,7H,4H2. The number of hydrogen-bond donors (Lipinski definition) is 0. The van der Waals surface area contributed by atoms with Crippen molar-refractivity contribution in [3.63, 3.8) is 0 Å². The summed E-state index contributed by atoms with van der Waals surface area (Å²) in [7, 11) is 0. The fourth-order valence-electron chi connectivity index (χ4n) is 1.58. The third-order valence-corrected chi connectivity index (χ3v) is 3.26. The van der Waals surface area contributed by atoms with Crippen molar-refractivity contribution in [1.82, 2.24) is 4.98 Å². The molecular weight excluding hydrogens is 274 g/mol. The summed E-state index contributed by atoms with van der Waals surface area (Å²) in [5.74, 6) is -0.539. The van der Waals surface area contributed by atoms with E-state index in [0.717, 1.165) is 0 Å². The lowest BCUT2D eigenvalue weighted by Crippen LogP contribution is -1.96. The van der Waals surface area contributed by atoms with Crippen LogP contribution in [0.25, 0.3) is 11.3 Å². The van der Waals surface area contributed by atoms with Crippen LogP contribution in [0.15, 0.2) is 30.5 Å². The molecule has 1 heterocycles. The Morgan fingerprint density at radius 2 is 2.06 bits per heavy atom. The predicted molar refractivity (Wildman–Crippen MR) is 69.0 cm³/mol. The summed E-state index contributed by atoms with van der Waals surface area (Å²) in [6, 6.07) is 8.29. The Kier molecular flexibility index (Phi) is 3.81. The van der Waals surface area contributed by atoms with Gasteiger partial charge in [-0.2, -0.15) is 5.26 Å². The molecule has 18 heavy (non-hydrogen) atoms. The maximum absolute atomic E-state index is 14.1. The lowest BCUT2D eigenvalue weighted by atomic mass is 10.1. The fraction of sp³-hybridized carbons (Fsp3) is 0.0769. The topological polar surface area (TPSA) is 36.7 Å². The van der Waals surface area contributed by atoms with Crippen LogP contribution < -0.4 is 0 Å². The molecule has 0 radical (unpaired) electrons. The van der Waals surface area contributed by atoms with E-state index in [1.807, 2.05) is 6.07 Å². The van der Waals surface area contributed by atoms with Crippen molar-refractivity contribution in [3.8, 4) is 17.3 Å². The molecule has 0 amide bonds. The van der Waals surface area contributed by atoms with E-state index in [2.05, 4.69) is 4.98 Å². The average molecular weight is 281 g/mol. The van der Waals surface area contributed by atoms with E-state index in [4.69, 9.17) is 28.5 Å². The van der Waals surface area contributed by atoms with Crippen molar-refractivity contribution in [2.24, 2.45) is 0 Å². The van der Waals surface area contributed by atoms with Crippen LogP contribution in [0.2, 0.25) is 10.0 Å². The number of rotatable bonds is 2. The quantitative estimate of drug-likeness (QED) is 0.824. The van der Waals surface area contributed by atoms with Gasteiger partial charge in [0.2, 0.25) is 0 Å². The molecule has 0 atom stereocenters. The van der Waals surface area contributed by atoms with Gasteiger partial charge in [0.05, 0.1) is 22.5 Å². The Bertz CT molecular complexity index is 635. The first-order valence-electron chi connectivity index (χ1n) is 5.10. The Labute approximate surface area is 114 Å². The zero-order valence-corrected chi connectivity index (χ0v) is 10.6. The number of nitriles is 1. The first-order chi connectivity index (χ1) is 8.65. The van der Waals surface area contributed by atoms with E-state index < -0.39 is 5.82 Å². The molecular formula is C13H7Cl2FN2. The lowest BCUT2D eigenvalue weighted by Gasteiger charge is -2.08. The summed E-state index contributed by atoms with van der Waals surface area (Å²) in [4.78, 5) is 3.97. The van der Waals surface area contributed by atoms with Gasteiger partial charge in [0.1, 0.15) is 5.69 Å². The Morgan fingerprint density at radius 1 is 1.28 bits per heavy atom. The number of aromatic nitrogens is 1. The molecule has 0 bridgehead atoms. The summed E-state index contributed by atoms with van der Waals surface area (Å²) in [5.41, 5.74) is 0.815. The predicted octanol–water partition coefficient (Wildman–Crippen LogP) is 4.26. The van der Waals surface area contributed by atoms with Crippen LogP contribution in [-0.4, -0.2) is 4.98 Å². The third-order valence-electron chi connectivity index (χ3n) is 2.45. The van der Waals surface area contributed by atoms with Crippen LogP contribution in [0.4, 0.5) is 4.39 Å². The normalized spacial score (nSPS) is 10.1. The first-order valence-corrected chi connectivity index (χ1v) is 5.85. The van der Waals surface area contributed by atoms with Crippen LogP contribution in [0.5, 0.6) is 0 Å². The van der Waals surface area contributed by atoms with E-state index in [0.29, 0.717) is 16.1 Å². The van der Waals surface area contributed by atoms with Gasteiger partial charge >= 0.3 is 0 Å². The number of hydrogen-bond acceptors (Lipinski definition) is 2. The van der Waals surface area contributed by atoms with Gasteiger partial charge in [0.15, 0.2) is 5.82 Å². The highest BCUT2D eigenvalue weighted by Crippen LogP contribution is 2.34. The van der Waals surface area contributed by atoms with Crippen molar-refractivity contribution in [2.45, 2.75) is 6.42 Å². The summed E-state index contributed by atoms with van der Waals surface area (Å²) in [5, 5.41) is 9.20. The molecule has 0 fully saturated rings. The minimum atomic E-state index is -0.539. The summed E-state index contributed by atoms with van der Waals surface area (Å²) in [6.45, 7) is 0. The molecule has 1 aromatic heterocycles. The second kappa shape index (κ2) is 5.34. The maximum atomic E-state index is 14.1. The van der Waals surface area contributed by atoms with Gasteiger partial charge < -0.3 is 0 Å². The van der Waals surface area contributed by atoms with E-state index in [9.17, 15) is 4.39 Å². The second-order valence-electron chi connectivity index (χ2n) is 3.57. The van der Waals surface area contributed by atoms with E-state index >= 15 is 0 Å². The molecule has 0 aliphatic carbocycles. The van der Waals surface area contributed by atoms with Gasteiger partial charge in [-0.1, -0.05) is 35.3 Å². The fourth-order valence-corrected chi connectivity index (χ4v) is 1.97. The number of nitrogens with zero attached hydrogens (tertiary/aromatic N) is 2. The van der Waals surface area contributed by atoms with E-state index in [-0.39, 0.29) is 17.1 Å². The number of benzene rings is 1. The second-order valence-corrected chi connectivity index (χ2v) is 4.35. The van der Waals surface area contributed by atoms with Crippen LogP contribution in [0, 0.1) is 17.1 Å². The minimum absolute atomic E-state index is 0.0143. The monoisotopic (exact) mass is 280 g/mol. The highest BCUT2D eigenvalue weighted by atomic mass is 35.5. The largest absolute Gasteiger partial charge is 0.253 e. The van der Waals surface area contributed by atoms with Gasteiger partial charge in [-0.05, 0) is 12.1 Å². The van der Waals surface area contributed by atoms with E-state index in [1.165, 1.54) is 12.3 Å². The Morgan fingerprint density at radius 3 is 2.78 bits per heavy atom. The Hall–Kier alpha value is -1.63. The molecule has 0 spiro atoms. The molecule has 0 saturated carbocycles. The number of pyridine rings is 1. The molecule has 2 rings (SSSR count). The molecule has 0 aliphatic heterocycles. The lowest BCUT2D eigenvalue weighted by molar-refractivity contribution is 0.613. The molecule has 5 heteroatoms. The van der Waals surface area contributed by atoms with Crippen LogP contribution >= 0.6 is 23.2 Å². The highest BCUT2D eigenvalue weighted by molar-refractivity contribution is 6.43. The number of halogens is 3. The molecule has 0 saturated heterocycles. The van der Waals surface area contributed by atoms with Gasteiger partial charge in [-0.15, -0.1) is 0 Å². The minimum Gasteiger partial charge on any atom is -0.253 e. The summed E-state index contributed by atoms with van der Waals surface area (Å²) < 4.78 is 14.1. The molecule has 1 aromatic carbocycles. The maximum Gasteiger partial charge on any atom is 0.153 e. The van der Waals surface area contributed by atoms with Crippen LogP contribution in [0.3, 0.4) is 0 Å². The van der Waals surface area contributed by atoms with Crippen LogP contribution in [0.1, 0.15) is 5.56 Å². The smallest absolute Gasteiger partial charge is 0.153 e.